The number of benzene rings is 1. The van der Waals surface area contributed by atoms with E-state index in [1.807, 2.05) is 28.8 Å². The van der Waals surface area contributed by atoms with E-state index in [0.29, 0.717) is 49.0 Å². The molecule has 4 aromatic rings. The zero-order valence-electron chi connectivity index (χ0n) is 19.1. The second kappa shape index (κ2) is 8.20. The minimum atomic E-state index is -1.13. The highest BCUT2D eigenvalue weighted by Gasteiger charge is 2.38. The Morgan fingerprint density at radius 2 is 2.06 bits per heavy atom. The van der Waals surface area contributed by atoms with Crippen LogP contribution in [0.25, 0.3) is 17.0 Å². The van der Waals surface area contributed by atoms with Gasteiger partial charge >= 0.3 is 5.97 Å². The number of aromatic nitrogens is 7. The fraction of sp³-hybridized carbons (Fsp3) is 0.364. The predicted molar refractivity (Wildman–Crippen MR) is 124 cm³/mol. The first-order chi connectivity index (χ1) is 17.0. The molecule has 0 saturated carbocycles. The molecule has 0 bridgehead atoms. The molecule has 2 N–H and O–H groups in total. The topological polar surface area (TPSA) is 145 Å². The zero-order valence-corrected chi connectivity index (χ0v) is 19.1. The van der Waals surface area contributed by atoms with Gasteiger partial charge < -0.3 is 24.8 Å². The molecule has 180 valence electrons. The molecule has 1 saturated heterocycles. The maximum Gasteiger partial charge on any atom is 0.355 e. The van der Waals surface area contributed by atoms with Crippen molar-refractivity contribution in [2.24, 2.45) is 0 Å². The van der Waals surface area contributed by atoms with Crippen molar-refractivity contribution >= 4 is 28.8 Å². The molecule has 1 aromatic carbocycles. The van der Waals surface area contributed by atoms with Crippen LogP contribution in [0.4, 0.5) is 11.8 Å². The van der Waals surface area contributed by atoms with Gasteiger partial charge in [-0.25, -0.2) is 24.0 Å². The van der Waals surface area contributed by atoms with Crippen LogP contribution in [-0.2, 0) is 11.3 Å². The number of morpholine rings is 1. The standard InChI is InChI=1S/C22H23N9O4/c1-12-9-34-10-13-11-35-18-15(8-29-17(20(32)33)7-24-28-29)26-22(27-19(18)30(12)13)31-16-6-4-3-5-14(16)25-21(31)23-2/h3-7,12-13H,8-11H2,1-2H3,(H,23,25)(H,32,33)/t12-,13?/m1/s1. The van der Waals surface area contributed by atoms with Crippen LogP contribution in [0, 0.1) is 0 Å². The number of rotatable bonds is 5. The number of para-hydroxylation sites is 2. The summed E-state index contributed by atoms with van der Waals surface area (Å²) in [5.74, 6) is 0.970. The molecule has 6 rings (SSSR count). The number of nitrogens with one attached hydrogen (secondary N) is 1. The van der Waals surface area contributed by atoms with Crippen LogP contribution >= 0.6 is 0 Å². The van der Waals surface area contributed by atoms with Gasteiger partial charge in [0.05, 0.1) is 49.1 Å². The lowest BCUT2D eigenvalue weighted by Crippen LogP contribution is -2.56. The molecule has 0 radical (unpaired) electrons. The van der Waals surface area contributed by atoms with Gasteiger partial charge in [0.15, 0.2) is 17.3 Å². The maximum absolute atomic E-state index is 11.7. The summed E-state index contributed by atoms with van der Waals surface area (Å²) < 4.78 is 15.0. The van der Waals surface area contributed by atoms with Crippen LogP contribution in [0.1, 0.15) is 23.1 Å². The predicted octanol–water partition coefficient (Wildman–Crippen LogP) is 1.18. The van der Waals surface area contributed by atoms with Crippen molar-refractivity contribution in [3.63, 3.8) is 0 Å². The maximum atomic E-state index is 11.7. The number of ether oxygens (including phenoxy) is 2. The monoisotopic (exact) mass is 477 g/mol. The Morgan fingerprint density at radius 3 is 2.89 bits per heavy atom. The molecule has 2 atom stereocenters. The largest absolute Gasteiger partial charge is 0.486 e. The highest BCUT2D eigenvalue weighted by atomic mass is 16.5. The van der Waals surface area contributed by atoms with Gasteiger partial charge in [0.2, 0.25) is 11.9 Å². The number of imidazole rings is 1. The van der Waals surface area contributed by atoms with Crippen LogP contribution in [-0.4, -0.2) is 84.5 Å². The summed E-state index contributed by atoms with van der Waals surface area (Å²) >= 11 is 0. The van der Waals surface area contributed by atoms with Gasteiger partial charge in [-0.2, -0.15) is 4.98 Å². The summed E-state index contributed by atoms with van der Waals surface area (Å²) in [5, 5.41) is 20.4. The second-order valence-corrected chi connectivity index (χ2v) is 8.47. The lowest BCUT2D eigenvalue weighted by atomic mass is 10.1. The molecule has 13 heteroatoms. The Kier molecular flexibility index (Phi) is 4.99. The molecule has 0 amide bonds. The first kappa shape index (κ1) is 21.3. The molecular formula is C22H23N9O4. The van der Waals surface area contributed by atoms with E-state index in [9.17, 15) is 9.90 Å². The molecule has 3 aromatic heterocycles. The van der Waals surface area contributed by atoms with Gasteiger partial charge in [0.1, 0.15) is 12.3 Å². The SMILES string of the molecule is CNc1nc2ccccc2n1-c1nc(Cn2nncc2C(=O)O)c2c(n1)N1C(COC[C@H]1C)CO2. The molecule has 5 heterocycles. The van der Waals surface area contributed by atoms with Crippen molar-refractivity contribution in [3.8, 4) is 11.7 Å². The molecule has 0 aliphatic carbocycles. The van der Waals surface area contributed by atoms with Crippen molar-refractivity contribution in [1.29, 1.82) is 0 Å². The van der Waals surface area contributed by atoms with Crippen LogP contribution < -0.4 is 15.0 Å². The van der Waals surface area contributed by atoms with E-state index in [-0.39, 0.29) is 24.3 Å². The first-order valence-electron chi connectivity index (χ1n) is 11.2. The van der Waals surface area contributed by atoms with Crippen LogP contribution in [0.15, 0.2) is 30.5 Å². The Hall–Kier alpha value is -4.26. The van der Waals surface area contributed by atoms with Gasteiger partial charge in [0.25, 0.3) is 0 Å². The average Bonchev–Trinajstić information content (AvgIpc) is 3.48. The summed E-state index contributed by atoms with van der Waals surface area (Å²) in [6.45, 7) is 3.62. The third-order valence-corrected chi connectivity index (χ3v) is 6.23. The fourth-order valence-corrected chi connectivity index (χ4v) is 4.66. The number of carboxylic acid groups (broad SMARTS) is 1. The van der Waals surface area contributed by atoms with E-state index in [2.05, 4.69) is 32.4 Å². The molecule has 1 unspecified atom stereocenters. The molecule has 2 aliphatic heterocycles. The minimum absolute atomic E-state index is 0.00565. The van der Waals surface area contributed by atoms with Gasteiger partial charge in [-0.3, -0.25) is 0 Å². The zero-order chi connectivity index (χ0) is 24.1. The normalized spacial score (nSPS) is 19.2. The summed E-state index contributed by atoms with van der Waals surface area (Å²) in [7, 11) is 1.79. The summed E-state index contributed by atoms with van der Waals surface area (Å²) in [4.78, 5) is 28.3. The Morgan fingerprint density at radius 1 is 1.20 bits per heavy atom. The average molecular weight is 477 g/mol. The quantitative estimate of drug-likeness (QED) is 0.427. The minimum Gasteiger partial charge on any atom is -0.486 e. The van der Waals surface area contributed by atoms with Gasteiger partial charge in [-0.1, -0.05) is 17.3 Å². The van der Waals surface area contributed by atoms with Gasteiger partial charge in [-0.05, 0) is 19.1 Å². The van der Waals surface area contributed by atoms with Crippen LogP contribution in [0.3, 0.4) is 0 Å². The molecule has 13 nitrogen and oxygen atoms in total. The fourth-order valence-electron chi connectivity index (χ4n) is 4.66. The highest BCUT2D eigenvalue weighted by Crippen LogP contribution is 2.39. The lowest BCUT2D eigenvalue weighted by Gasteiger charge is -2.44. The smallest absolute Gasteiger partial charge is 0.355 e. The van der Waals surface area contributed by atoms with Crippen molar-refractivity contribution in [3.05, 3.63) is 41.9 Å². The molecule has 0 spiro atoms. The van der Waals surface area contributed by atoms with E-state index < -0.39 is 5.97 Å². The summed E-state index contributed by atoms with van der Waals surface area (Å²) in [6.07, 6.45) is 1.21. The van der Waals surface area contributed by atoms with E-state index in [1.165, 1.54) is 10.9 Å². The number of hydrogen-bond donors (Lipinski definition) is 2. The van der Waals surface area contributed by atoms with E-state index in [1.54, 1.807) is 7.05 Å². The number of fused-ring (bicyclic) bond motifs is 4. The number of aromatic carboxylic acids is 1. The van der Waals surface area contributed by atoms with Crippen molar-refractivity contribution < 1.29 is 19.4 Å². The third-order valence-electron chi connectivity index (χ3n) is 6.23. The van der Waals surface area contributed by atoms with E-state index in [4.69, 9.17) is 19.4 Å². The summed E-state index contributed by atoms with van der Waals surface area (Å²) in [6, 6.07) is 7.79. The number of anilines is 2. The third kappa shape index (κ3) is 3.43. The van der Waals surface area contributed by atoms with Crippen molar-refractivity contribution in [2.75, 3.05) is 37.1 Å². The Balaban J connectivity index is 1.57. The molecule has 2 aliphatic rings. The first-order valence-corrected chi connectivity index (χ1v) is 11.2. The van der Waals surface area contributed by atoms with Gasteiger partial charge in [0, 0.05) is 7.05 Å². The van der Waals surface area contributed by atoms with Gasteiger partial charge in [-0.15, -0.1) is 5.10 Å². The molecule has 1 fully saturated rings. The molecule has 35 heavy (non-hydrogen) atoms. The number of nitrogens with zero attached hydrogens (tertiary/aromatic N) is 8. The number of hydrogen-bond acceptors (Lipinski definition) is 10. The second-order valence-electron chi connectivity index (χ2n) is 8.47. The van der Waals surface area contributed by atoms with Crippen LogP contribution in [0.2, 0.25) is 0 Å². The van der Waals surface area contributed by atoms with E-state index >= 15 is 0 Å². The van der Waals surface area contributed by atoms with Crippen LogP contribution in [0.5, 0.6) is 5.75 Å². The van der Waals surface area contributed by atoms with Crippen molar-refractivity contribution in [2.45, 2.75) is 25.6 Å². The molecular weight excluding hydrogens is 454 g/mol. The van der Waals surface area contributed by atoms with E-state index in [0.717, 1.165) is 11.0 Å². The lowest BCUT2D eigenvalue weighted by molar-refractivity contribution is 0.0483. The van der Waals surface area contributed by atoms with Crippen molar-refractivity contribution in [1.82, 2.24) is 34.5 Å². The Bertz CT molecular complexity index is 1430. The number of carbonyl (C=O) groups is 1. The number of carboxylic acids is 1. The Labute approximate surface area is 199 Å². The summed E-state index contributed by atoms with van der Waals surface area (Å²) in [5.41, 5.74) is 2.07. The highest BCUT2D eigenvalue weighted by molar-refractivity contribution is 5.85.